The zero-order valence-electron chi connectivity index (χ0n) is 12.0. The van der Waals surface area contributed by atoms with E-state index in [0.29, 0.717) is 17.5 Å². The topological polar surface area (TPSA) is 35.2 Å². The van der Waals surface area contributed by atoms with Gasteiger partial charge in [0, 0.05) is 6.42 Å². The van der Waals surface area contributed by atoms with Crippen molar-refractivity contribution < 1.29 is 4.74 Å². The Bertz CT molecular complexity index is 454. The minimum absolute atomic E-state index is 0.358. The summed E-state index contributed by atoms with van der Waals surface area (Å²) in [5.74, 6) is 1.34. The predicted molar refractivity (Wildman–Crippen MR) is 81.6 cm³/mol. The molecule has 0 radical (unpaired) electrons. The van der Waals surface area contributed by atoms with Gasteiger partial charge in [-0.05, 0) is 61.9 Å². The fraction of sp³-hybridized carbons (Fsp3) is 0.533. The van der Waals surface area contributed by atoms with E-state index in [4.69, 9.17) is 22.7 Å². The van der Waals surface area contributed by atoms with Crippen LogP contribution in [-0.4, -0.2) is 11.6 Å². The van der Waals surface area contributed by atoms with Crippen LogP contribution in [0.1, 0.15) is 48.4 Å². The Morgan fingerprint density at radius 3 is 2.44 bits per heavy atom. The molecule has 0 aliphatic carbocycles. The lowest BCUT2D eigenvalue weighted by atomic mass is 9.87. The van der Waals surface area contributed by atoms with E-state index in [1.807, 2.05) is 6.92 Å². The van der Waals surface area contributed by atoms with E-state index in [1.165, 1.54) is 22.3 Å². The number of benzene rings is 1. The standard InChI is InChI=1S/C15H23NOS/c1-6-17-13-7-9(2)15(12(5)11(13)4)10(3)8-14(16)18/h7,10H,6,8H2,1-5H3,(H2,16,18). The molecule has 1 atom stereocenters. The van der Waals surface area contributed by atoms with Gasteiger partial charge < -0.3 is 10.5 Å². The van der Waals surface area contributed by atoms with Crippen molar-refractivity contribution in [1.82, 2.24) is 0 Å². The molecule has 0 saturated heterocycles. The van der Waals surface area contributed by atoms with Gasteiger partial charge in [-0.25, -0.2) is 0 Å². The monoisotopic (exact) mass is 265 g/mol. The zero-order chi connectivity index (χ0) is 13.9. The molecule has 0 amide bonds. The molecule has 0 spiro atoms. The number of aryl methyl sites for hydroxylation is 1. The predicted octanol–water partition coefficient (Wildman–Crippen LogP) is 3.79. The Morgan fingerprint density at radius 2 is 1.94 bits per heavy atom. The van der Waals surface area contributed by atoms with E-state index in [2.05, 4.69) is 33.8 Å². The van der Waals surface area contributed by atoms with E-state index in [1.54, 1.807) is 0 Å². The molecule has 2 nitrogen and oxygen atoms in total. The molecule has 0 aliphatic heterocycles. The SMILES string of the molecule is CCOc1cc(C)c(C(C)CC(N)=S)c(C)c1C. The van der Waals surface area contributed by atoms with Gasteiger partial charge in [-0.1, -0.05) is 19.1 Å². The van der Waals surface area contributed by atoms with Gasteiger partial charge in [-0.3, -0.25) is 0 Å². The van der Waals surface area contributed by atoms with Crippen LogP contribution in [0.2, 0.25) is 0 Å². The first-order valence-corrected chi connectivity index (χ1v) is 6.81. The van der Waals surface area contributed by atoms with Crippen molar-refractivity contribution in [2.45, 2.75) is 47.0 Å². The van der Waals surface area contributed by atoms with E-state index < -0.39 is 0 Å². The van der Waals surface area contributed by atoms with Crippen molar-refractivity contribution in [2.75, 3.05) is 6.61 Å². The number of nitrogens with two attached hydrogens (primary N) is 1. The molecule has 0 aromatic heterocycles. The highest BCUT2D eigenvalue weighted by Gasteiger charge is 2.16. The molecule has 0 saturated carbocycles. The first kappa shape index (κ1) is 15.0. The maximum atomic E-state index is 5.66. The molecule has 0 bridgehead atoms. The second-order valence-electron chi connectivity index (χ2n) is 4.86. The Labute approximate surface area is 116 Å². The fourth-order valence-corrected chi connectivity index (χ4v) is 2.78. The first-order chi connectivity index (χ1) is 8.38. The van der Waals surface area contributed by atoms with Gasteiger partial charge in [0.25, 0.3) is 0 Å². The highest BCUT2D eigenvalue weighted by molar-refractivity contribution is 7.80. The molecule has 2 N–H and O–H groups in total. The van der Waals surface area contributed by atoms with Crippen LogP contribution in [0, 0.1) is 20.8 Å². The molecule has 3 heteroatoms. The molecule has 1 aromatic carbocycles. The molecule has 0 fully saturated rings. The van der Waals surface area contributed by atoms with Gasteiger partial charge in [-0.15, -0.1) is 0 Å². The lowest BCUT2D eigenvalue weighted by Crippen LogP contribution is -2.13. The van der Waals surface area contributed by atoms with Crippen LogP contribution in [0.15, 0.2) is 6.07 Å². The van der Waals surface area contributed by atoms with Crippen molar-refractivity contribution in [1.29, 1.82) is 0 Å². The summed E-state index contributed by atoms with van der Waals surface area (Å²) in [4.78, 5) is 0.577. The van der Waals surface area contributed by atoms with Gasteiger partial charge >= 0.3 is 0 Å². The van der Waals surface area contributed by atoms with Crippen molar-refractivity contribution in [3.8, 4) is 5.75 Å². The fourth-order valence-electron chi connectivity index (χ4n) is 2.53. The largest absolute Gasteiger partial charge is 0.494 e. The minimum Gasteiger partial charge on any atom is -0.494 e. The third-order valence-corrected chi connectivity index (χ3v) is 3.58. The number of hydrogen-bond donors (Lipinski definition) is 1. The highest BCUT2D eigenvalue weighted by Crippen LogP contribution is 2.33. The second-order valence-corrected chi connectivity index (χ2v) is 5.38. The summed E-state index contributed by atoms with van der Waals surface area (Å²) in [6.45, 7) is 11.3. The lowest BCUT2D eigenvalue weighted by Gasteiger charge is -2.21. The summed E-state index contributed by atoms with van der Waals surface area (Å²) in [5.41, 5.74) is 10.8. The van der Waals surface area contributed by atoms with Crippen LogP contribution in [0.5, 0.6) is 5.75 Å². The Hall–Kier alpha value is -1.09. The van der Waals surface area contributed by atoms with Crippen molar-refractivity contribution >= 4 is 17.2 Å². The molecular weight excluding hydrogens is 242 g/mol. The molecule has 0 aliphatic rings. The summed E-state index contributed by atoms with van der Waals surface area (Å²) in [6, 6.07) is 2.12. The Balaban J connectivity index is 3.21. The normalized spacial score (nSPS) is 12.3. The number of hydrogen-bond acceptors (Lipinski definition) is 2. The van der Waals surface area contributed by atoms with Crippen LogP contribution >= 0.6 is 12.2 Å². The maximum absolute atomic E-state index is 5.66. The molecule has 1 aromatic rings. The van der Waals surface area contributed by atoms with Crippen LogP contribution in [0.4, 0.5) is 0 Å². The number of rotatable bonds is 5. The summed E-state index contributed by atoms with van der Waals surface area (Å²) in [5, 5.41) is 0. The van der Waals surface area contributed by atoms with Gasteiger partial charge in [0.2, 0.25) is 0 Å². The van der Waals surface area contributed by atoms with Gasteiger partial charge in [0.15, 0.2) is 0 Å². The highest BCUT2D eigenvalue weighted by atomic mass is 32.1. The quantitative estimate of drug-likeness (QED) is 0.823. The van der Waals surface area contributed by atoms with Gasteiger partial charge in [0.05, 0.1) is 11.6 Å². The van der Waals surface area contributed by atoms with E-state index in [9.17, 15) is 0 Å². The summed E-state index contributed by atoms with van der Waals surface area (Å²) in [7, 11) is 0. The Kier molecular flexibility index (Phi) is 5.15. The van der Waals surface area contributed by atoms with Crippen LogP contribution in [0.3, 0.4) is 0 Å². The Morgan fingerprint density at radius 1 is 1.33 bits per heavy atom. The molecule has 1 rings (SSSR count). The van der Waals surface area contributed by atoms with Crippen molar-refractivity contribution in [2.24, 2.45) is 5.73 Å². The van der Waals surface area contributed by atoms with Gasteiger partial charge in [-0.2, -0.15) is 0 Å². The maximum Gasteiger partial charge on any atom is 0.122 e. The molecule has 100 valence electrons. The third kappa shape index (κ3) is 3.22. The van der Waals surface area contributed by atoms with E-state index in [-0.39, 0.29) is 0 Å². The first-order valence-electron chi connectivity index (χ1n) is 6.40. The average Bonchev–Trinajstić information content (AvgIpc) is 2.24. The van der Waals surface area contributed by atoms with E-state index in [0.717, 1.165) is 12.2 Å². The third-order valence-electron chi connectivity index (χ3n) is 3.41. The smallest absolute Gasteiger partial charge is 0.122 e. The molecule has 0 heterocycles. The number of thiocarbonyl (C=S) groups is 1. The summed E-state index contributed by atoms with van der Waals surface area (Å²) >= 11 is 5.01. The summed E-state index contributed by atoms with van der Waals surface area (Å²) < 4.78 is 5.66. The van der Waals surface area contributed by atoms with Crippen LogP contribution in [0.25, 0.3) is 0 Å². The van der Waals surface area contributed by atoms with Crippen LogP contribution in [-0.2, 0) is 0 Å². The minimum atomic E-state index is 0.358. The van der Waals surface area contributed by atoms with Gasteiger partial charge in [0.1, 0.15) is 5.75 Å². The molecule has 1 unspecified atom stereocenters. The second kappa shape index (κ2) is 6.19. The molecule has 18 heavy (non-hydrogen) atoms. The van der Waals surface area contributed by atoms with Crippen molar-refractivity contribution in [3.63, 3.8) is 0 Å². The van der Waals surface area contributed by atoms with E-state index >= 15 is 0 Å². The van der Waals surface area contributed by atoms with Crippen molar-refractivity contribution in [3.05, 3.63) is 28.3 Å². The average molecular weight is 265 g/mol. The van der Waals surface area contributed by atoms with Crippen LogP contribution < -0.4 is 10.5 Å². The molecular formula is C15H23NOS. The zero-order valence-corrected chi connectivity index (χ0v) is 12.8. The lowest BCUT2D eigenvalue weighted by molar-refractivity contribution is 0.337. The summed E-state index contributed by atoms with van der Waals surface area (Å²) in [6.07, 6.45) is 0.754. The number of ether oxygens (including phenoxy) is 1.